The van der Waals surface area contributed by atoms with E-state index < -0.39 is 0 Å². The van der Waals surface area contributed by atoms with Gasteiger partial charge in [0, 0.05) is 17.6 Å². The summed E-state index contributed by atoms with van der Waals surface area (Å²) in [4.78, 5) is 19.0. The zero-order valence-corrected chi connectivity index (χ0v) is 11.5. The normalized spacial score (nSPS) is 10.8. The fourth-order valence-electron chi connectivity index (χ4n) is 1.62. The molecule has 0 aliphatic heterocycles. The first-order valence-electron chi connectivity index (χ1n) is 5.95. The van der Waals surface area contributed by atoms with E-state index in [1.165, 1.54) is 4.88 Å². The fraction of sp³-hybridized carbons (Fsp3) is 0.667. The summed E-state index contributed by atoms with van der Waals surface area (Å²) in [5, 5.41) is 1.06. The maximum atomic E-state index is 11.4. The highest BCUT2D eigenvalue weighted by Gasteiger charge is 2.12. The van der Waals surface area contributed by atoms with E-state index in [-0.39, 0.29) is 5.97 Å². The molecule has 0 spiro atoms. The van der Waals surface area contributed by atoms with Crippen molar-refractivity contribution in [1.29, 1.82) is 0 Å². The smallest absolute Gasteiger partial charge is 0.320 e. The minimum absolute atomic E-state index is 0.151. The van der Waals surface area contributed by atoms with Crippen molar-refractivity contribution in [3.8, 4) is 0 Å². The monoisotopic (exact) mass is 256 g/mol. The molecule has 0 aromatic carbocycles. The second-order valence-electron chi connectivity index (χ2n) is 3.86. The lowest BCUT2D eigenvalue weighted by Gasteiger charge is -2.19. The van der Waals surface area contributed by atoms with Crippen LogP contribution in [-0.2, 0) is 16.1 Å². The largest absolute Gasteiger partial charge is 0.465 e. The zero-order chi connectivity index (χ0) is 12.7. The Morgan fingerprint density at radius 1 is 1.53 bits per heavy atom. The number of aromatic nitrogens is 1. The molecule has 0 aliphatic carbocycles. The summed E-state index contributed by atoms with van der Waals surface area (Å²) in [7, 11) is 0. The summed E-state index contributed by atoms with van der Waals surface area (Å²) in [6.45, 7) is 8.40. The summed E-state index contributed by atoms with van der Waals surface area (Å²) >= 11 is 1.68. The van der Waals surface area contributed by atoms with Crippen LogP contribution in [0.5, 0.6) is 0 Å². The Labute approximate surface area is 107 Å². The predicted octanol–water partition coefficient (Wildman–Crippen LogP) is 2.23. The summed E-state index contributed by atoms with van der Waals surface area (Å²) in [6.07, 6.45) is 2.91. The molecule has 5 heteroatoms. The Bertz CT molecular complexity index is 352. The van der Waals surface area contributed by atoms with Crippen LogP contribution in [0, 0.1) is 6.92 Å². The lowest BCUT2D eigenvalue weighted by atomic mass is 10.3. The highest BCUT2D eigenvalue weighted by Crippen LogP contribution is 2.14. The van der Waals surface area contributed by atoms with Crippen LogP contribution in [-0.4, -0.2) is 35.5 Å². The van der Waals surface area contributed by atoms with Crippen molar-refractivity contribution in [2.45, 2.75) is 33.7 Å². The third kappa shape index (κ3) is 5.28. The minimum atomic E-state index is -0.151. The predicted molar refractivity (Wildman–Crippen MR) is 69.1 cm³/mol. The van der Waals surface area contributed by atoms with Gasteiger partial charge in [0.05, 0.1) is 18.2 Å². The van der Waals surface area contributed by atoms with Crippen LogP contribution in [0.25, 0.3) is 0 Å². The number of esters is 1. The number of hydrogen-bond donors (Lipinski definition) is 0. The van der Waals surface area contributed by atoms with Gasteiger partial charge in [0.1, 0.15) is 0 Å². The number of hydrogen-bond acceptors (Lipinski definition) is 5. The van der Waals surface area contributed by atoms with E-state index in [1.54, 1.807) is 11.3 Å². The van der Waals surface area contributed by atoms with Gasteiger partial charge in [-0.3, -0.25) is 9.69 Å². The number of thiazole rings is 1. The SMILES string of the molecule is CCCN(CC(=O)OCC)Cc1cnc(C)s1. The maximum Gasteiger partial charge on any atom is 0.320 e. The van der Waals surface area contributed by atoms with E-state index in [9.17, 15) is 4.79 Å². The van der Waals surface area contributed by atoms with Gasteiger partial charge in [0.15, 0.2) is 0 Å². The van der Waals surface area contributed by atoms with E-state index in [2.05, 4.69) is 16.8 Å². The molecule has 4 nitrogen and oxygen atoms in total. The fourth-order valence-corrected chi connectivity index (χ4v) is 2.46. The minimum Gasteiger partial charge on any atom is -0.465 e. The molecule has 1 rings (SSSR count). The molecule has 0 atom stereocenters. The van der Waals surface area contributed by atoms with Gasteiger partial charge in [-0.1, -0.05) is 6.92 Å². The van der Waals surface area contributed by atoms with Gasteiger partial charge in [0.2, 0.25) is 0 Å². The van der Waals surface area contributed by atoms with Crippen molar-refractivity contribution in [3.05, 3.63) is 16.1 Å². The Kier molecular flexibility index (Phi) is 6.15. The van der Waals surface area contributed by atoms with Crippen LogP contribution in [0.2, 0.25) is 0 Å². The van der Waals surface area contributed by atoms with Crippen LogP contribution in [0.4, 0.5) is 0 Å². The van der Waals surface area contributed by atoms with Crippen LogP contribution >= 0.6 is 11.3 Å². The van der Waals surface area contributed by atoms with Gasteiger partial charge >= 0.3 is 5.97 Å². The number of carbonyl (C=O) groups is 1. The van der Waals surface area contributed by atoms with Crippen LogP contribution in [0.3, 0.4) is 0 Å². The molecule has 96 valence electrons. The highest BCUT2D eigenvalue weighted by atomic mass is 32.1. The van der Waals surface area contributed by atoms with Gasteiger partial charge in [0.25, 0.3) is 0 Å². The lowest BCUT2D eigenvalue weighted by molar-refractivity contribution is -0.144. The van der Waals surface area contributed by atoms with Crippen LogP contribution in [0.1, 0.15) is 30.2 Å². The van der Waals surface area contributed by atoms with Crippen molar-refractivity contribution in [1.82, 2.24) is 9.88 Å². The molecule has 0 saturated heterocycles. The molecule has 0 bridgehead atoms. The molecule has 0 N–H and O–H groups in total. The van der Waals surface area contributed by atoms with E-state index in [0.717, 1.165) is 24.5 Å². The zero-order valence-electron chi connectivity index (χ0n) is 10.7. The average molecular weight is 256 g/mol. The quantitative estimate of drug-likeness (QED) is 0.702. The molecular formula is C12H20N2O2S. The molecule has 0 unspecified atom stereocenters. The summed E-state index contributed by atoms with van der Waals surface area (Å²) in [5.74, 6) is -0.151. The molecule has 17 heavy (non-hydrogen) atoms. The van der Waals surface area contributed by atoms with Gasteiger partial charge in [-0.15, -0.1) is 11.3 Å². The van der Waals surface area contributed by atoms with Crippen molar-refractivity contribution in [2.24, 2.45) is 0 Å². The Morgan fingerprint density at radius 2 is 2.29 bits per heavy atom. The number of carbonyl (C=O) groups excluding carboxylic acids is 1. The molecule has 0 radical (unpaired) electrons. The summed E-state index contributed by atoms with van der Waals surface area (Å²) in [6, 6.07) is 0. The molecule has 1 aromatic heterocycles. The lowest BCUT2D eigenvalue weighted by Crippen LogP contribution is -2.31. The van der Waals surface area contributed by atoms with Crippen LogP contribution in [0.15, 0.2) is 6.20 Å². The van der Waals surface area contributed by atoms with Gasteiger partial charge in [-0.25, -0.2) is 4.98 Å². The van der Waals surface area contributed by atoms with Crippen LogP contribution < -0.4 is 0 Å². The number of rotatable bonds is 7. The van der Waals surface area contributed by atoms with Gasteiger partial charge < -0.3 is 4.74 Å². The second kappa shape index (κ2) is 7.40. The molecular weight excluding hydrogens is 236 g/mol. The topological polar surface area (TPSA) is 42.4 Å². The van der Waals surface area contributed by atoms with E-state index >= 15 is 0 Å². The number of aryl methyl sites for hydroxylation is 1. The highest BCUT2D eigenvalue weighted by molar-refractivity contribution is 7.11. The summed E-state index contributed by atoms with van der Waals surface area (Å²) in [5.41, 5.74) is 0. The maximum absolute atomic E-state index is 11.4. The first kappa shape index (κ1) is 14.1. The third-order valence-electron chi connectivity index (χ3n) is 2.25. The number of ether oxygens (including phenoxy) is 1. The van der Waals surface area contributed by atoms with E-state index in [0.29, 0.717) is 13.2 Å². The molecule has 0 saturated carbocycles. The van der Waals surface area contributed by atoms with Crippen molar-refractivity contribution in [2.75, 3.05) is 19.7 Å². The first-order chi connectivity index (χ1) is 8.15. The first-order valence-corrected chi connectivity index (χ1v) is 6.76. The second-order valence-corrected chi connectivity index (χ2v) is 5.18. The summed E-state index contributed by atoms with van der Waals surface area (Å²) < 4.78 is 4.97. The molecule has 0 fully saturated rings. The van der Waals surface area contributed by atoms with Gasteiger partial charge in [-0.2, -0.15) is 0 Å². The van der Waals surface area contributed by atoms with E-state index in [1.807, 2.05) is 20.0 Å². The molecule has 1 heterocycles. The van der Waals surface area contributed by atoms with Crippen molar-refractivity contribution in [3.63, 3.8) is 0 Å². The van der Waals surface area contributed by atoms with Crippen molar-refractivity contribution >= 4 is 17.3 Å². The Balaban J connectivity index is 2.50. The molecule has 1 aromatic rings. The van der Waals surface area contributed by atoms with E-state index in [4.69, 9.17) is 4.74 Å². The Morgan fingerprint density at radius 3 is 2.82 bits per heavy atom. The molecule has 0 amide bonds. The van der Waals surface area contributed by atoms with Crippen molar-refractivity contribution < 1.29 is 9.53 Å². The standard InChI is InChI=1S/C12H20N2O2S/c1-4-6-14(9-12(15)16-5-2)8-11-7-13-10(3)17-11/h7H,4-6,8-9H2,1-3H3. The molecule has 0 aliphatic rings. The Hall–Kier alpha value is -0.940. The third-order valence-corrected chi connectivity index (χ3v) is 3.14. The average Bonchev–Trinajstić information content (AvgIpc) is 2.64. The number of nitrogens with zero attached hydrogens (tertiary/aromatic N) is 2. The van der Waals surface area contributed by atoms with Gasteiger partial charge in [-0.05, 0) is 26.8 Å².